The molecule has 1 heterocycles. The van der Waals surface area contributed by atoms with Gasteiger partial charge in [-0.05, 0) is 61.2 Å². The zero-order valence-corrected chi connectivity index (χ0v) is 16.5. The van der Waals surface area contributed by atoms with Crippen LogP contribution in [0.4, 0.5) is 11.6 Å². The first-order chi connectivity index (χ1) is 13.5. The summed E-state index contributed by atoms with van der Waals surface area (Å²) in [6, 6.07) is 15.2. The zero-order valence-electron chi connectivity index (χ0n) is 15.7. The van der Waals surface area contributed by atoms with Gasteiger partial charge < -0.3 is 10.1 Å². The molecule has 1 N–H and O–H groups in total. The average Bonchev–Trinajstić information content (AvgIpc) is 2.68. The number of aromatic nitrogens is 2. The van der Waals surface area contributed by atoms with Crippen molar-refractivity contribution in [3.8, 4) is 5.75 Å². The number of halogens is 1. The van der Waals surface area contributed by atoms with E-state index in [0.29, 0.717) is 35.1 Å². The molecule has 5 nitrogen and oxygen atoms in total. The number of carbonyl (C=O) groups excluding carboxylic acids is 1. The topological polar surface area (TPSA) is 64.1 Å². The number of ether oxygens (including phenoxy) is 1. The fourth-order valence-corrected chi connectivity index (χ4v) is 3.83. The Morgan fingerprint density at radius 1 is 1.11 bits per heavy atom. The first-order valence-electron chi connectivity index (χ1n) is 9.10. The van der Waals surface area contributed by atoms with Crippen LogP contribution in [-0.2, 0) is 6.42 Å². The maximum atomic E-state index is 12.8. The molecule has 0 aliphatic heterocycles. The van der Waals surface area contributed by atoms with Gasteiger partial charge >= 0.3 is 0 Å². The summed E-state index contributed by atoms with van der Waals surface area (Å²) in [6.07, 6.45) is 1.13. The fraction of sp³-hybridized carbons (Fsp3) is 0.227. The molecule has 0 bridgehead atoms. The second kappa shape index (κ2) is 7.60. The van der Waals surface area contributed by atoms with Gasteiger partial charge in [0, 0.05) is 17.1 Å². The van der Waals surface area contributed by atoms with Gasteiger partial charge in [-0.15, -0.1) is 0 Å². The van der Waals surface area contributed by atoms with Crippen LogP contribution in [-0.4, -0.2) is 22.9 Å². The van der Waals surface area contributed by atoms with Crippen LogP contribution in [0.2, 0.25) is 5.02 Å². The molecule has 0 saturated carbocycles. The summed E-state index contributed by atoms with van der Waals surface area (Å²) >= 11 is 6.13. The van der Waals surface area contributed by atoms with E-state index in [0.717, 1.165) is 22.7 Å². The standard InChI is InChI=1S/C22H20ClN3O2/c1-13-21-19(11-15(12-20(21)27)14-4-3-5-16(23)10-14)26-22(24-13)25-17-6-8-18(28-2)9-7-17/h3-10,15H,11-12H2,1-2H3,(H,24,25,26)/t15-/m1/s1. The van der Waals surface area contributed by atoms with E-state index in [4.69, 9.17) is 16.3 Å². The van der Waals surface area contributed by atoms with Crippen LogP contribution >= 0.6 is 11.6 Å². The van der Waals surface area contributed by atoms with E-state index in [-0.39, 0.29) is 11.7 Å². The first kappa shape index (κ1) is 18.4. The minimum atomic E-state index is 0.0711. The molecule has 1 aliphatic carbocycles. The van der Waals surface area contributed by atoms with E-state index < -0.39 is 0 Å². The molecule has 0 radical (unpaired) electrons. The van der Waals surface area contributed by atoms with Crippen molar-refractivity contribution in [2.75, 3.05) is 12.4 Å². The number of hydrogen-bond donors (Lipinski definition) is 1. The van der Waals surface area contributed by atoms with Crippen molar-refractivity contribution in [2.45, 2.75) is 25.7 Å². The lowest BCUT2D eigenvalue weighted by Gasteiger charge is -2.24. The Bertz CT molecular complexity index is 1030. The third kappa shape index (κ3) is 3.71. The molecule has 0 unspecified atom stereocenters. The summed E-state index contributed by atoms with van der Waals surface area (Å²) in [7, 11) is 1.63. The summed E-state index contributed by atoms with van der Waals surface area (Å²) in [4.78, 5) is 21.9. The van der Waals surface area contributed by atoms with Crippen molar-refractivity contribution < 1.29 is 9.53 Å². The van der Waals surface area contributed by atoms with E-state index in [9.17, 15) is 4.79 Å². The molecular weight excluding hydrogens is 374 g/mol. The van der Waals surface area contributed by atoms with E-state index in [2.05, 4.69) is 15.3 Å². The van der Waals surface area contributed by atoms with Gasteiger partial charge in [0.2, 0.25) is 5.95 Å². The molecule has 28 heavy (non-hydrogen) atoms. The van der Waals surface area contributed by atoms with Gasteiger partial charge in [0.1, 0.15) is 5.75 Å². The second-order valence-electron chi connectivity index (χ2n) is 6.89. The molecule has 142 valence electrons. The van der Waals surface area contributed by atoms with E-state index in [1.165, 1.54) is 0 Å². The number of carbonyl (C=O) groups is 1. The number of methoxy groups -OCH3 is 1. The minimum absolute atomic E-state index is 0.0711. The van der Waals surface area contributed by atoms with Crippen LogP contribution in [0, 0.1) is 6.92 Å². The normalized spacial score (nSPS) is 15.8. The maximum Gasteiger partial charge on any atom is 0.227 e. The van der Waals surface area contributed by atoms with Gasteiger partial charge in [-0.3, -0.25) is 4.79 Å². The highest BCUT2D eigenvalue weighted by atomic mass is 35.5. The Morgan fingerprint density at radius 3 is 2.61 bits per heavy atom. The molecule has 4 rings (SSSR count). The summed E-state index contributed by atoms with van der Waals surface area (Å²) in [6.45, 7) is 1.86. The molecule has 0 amide bonds. The van der Waals surface area contributed by atoms with Crippen molar-refractivity contribution in [3.63, 3.8) is 0 Å². The lowest BCUT2D eigenvalue weighted by molar-refractivity contribution is 0.0962. The molecule has 2 aromatic carbocycles. The van der Waals surface area contributed by atoms with Crippen LogP contribution in [0.5, 0.6) is 5.75 Å². The number of aryl methyl sites for hydroxylation is 1. The Balaban J connectivity index is 1.64. The quantitative estimate of drug-likeness (QED) is 0.667. The highest BCUT2D eigenvalue weighted by Crippen LogP contribution is 2.34. The minimum Gasteiger partial charge on any atom is -0.497 e. The van der Waals surface area contributed by atoms with Crippen molar-refractivity contribution >= 4 is 29.0 Å². The van der Waals surface area contributed by atoms with Gasteiger partial charge in [0.25, 0.3) is 0 Å². The molecule has 0 fully saturated rings. The molecule has 1 atom stereocenters. The Morgan fingerprint density at radius 2 is 1.89 bits per heavy atom. The number of anilines is 2. The summed E-state index contributed by atoms with van der Waals surface area (Å²) in [5, 5.41) is 3.89. The van der Waals surface area contributed by atoms with Crippen LogP contribution in [0.3, 0.4) is 0 Å². The van der Waals surface area contributed by atoms with Gasteiger partial charge in [0.05, 0.1) is 24.1 Å². The Hall–Kier alpha value is -2.92. The molecule has 0 spiro atoms. The predicted octanol–water partition coefficient (Wildman–Crippen LogP) is 5.10. The van der Waals surface area contributed by atoms with Gasteiger partial charge in [0.15, 0.2) is 5.78 Å². The first-order valence-corrected chi connectivity index (χ1v) is 9.48. The smallest absolute Gasteiger partial charge is 0.227 e. The van der Waals surface area contributed by atoms with Crippen molar-refractivity contribution in [1.29, 1.82) is 0 Å². The second-order valence-corrected chi connectivity index (χ2v) is 7.33. The molecule has 6 heteroatoms. The van der Waals surface area contributed by atoms with E-state index in [1.54, 1.807) is 7.11 Å². The van der Waals surface area contributed by atoms with Crippen molar-refractivity contribution in [2.24, 2.45) is 0 Å². The monoisotopic (exact) mass is 393 g/mol. The summed E-state index contributed by atoms with van der Waals surface area (Å²) in [5.41, 5.74) is 4.06. The molecule has 1 aromatic heterocycles. The Labute approximate surface area is 168 Å². The number of fused-ring (bicyclic) bond motifs is 1. The maximum absolute atomic E-state index is 12.8. The molecule has 0 saturated heterocycles. The number of ketones is 1. The highest BCUT2D eigenvalue weighted by Gasteiger charge is 2.30. The Kier molecular flexibility index (Phi) is 5.01. The molecular formula is C22H20ClN3O2. The van der Waals surface area contributed by atoms with Gasteiger partial charge in [-0.25, -0.2) is 9.97 Å². The van der Waals surface area contributed by atoms with Crippen LogP contribution in [0.25, 0.3) is 0 Å². The largest absolute Gasteiger partial charge is 0.497 e. The van der Waals surface area contributed by atoms with Crippen molar-refractivity contribution in [1.82, 2.24) is 9.97 Å². The SMILES string of the molecule is COc1ccc(Nc2nc(C)c3c(n2)C[C@@H](c2cccc(Cl)c2)CC3=O)cc1. The summed E-state index contributed by atoms with van der Waals surface area (Å²) in [5.74, 6) is 1.42. The third-order valence-corrected chi connectivity index (χ3v) is 5.22. The number of nitrogens with one attached hydrogen (secondary N) is 1. The summed E-state index contributed by atoms with van der Waals surface area (Å²) < 4.78 is 5.18. The fourth-order valence-electron chi connectivity index (χ4n) is 3.63. The lowest BCUT2D eigenvalue weighted by Crippen LogP contribution is -2.22. The van der Waals surface area contributed by atoms with E-state index in [1.807, 2.05) is 55.5 Å². The number of hydrogen-bond acceptors (Lipinski definition) is 5. The number of Topliss-reactive ketones (excluding diaryl/α,β-unsaturated/α-hetero) is 1. The van der Waals surface area contributed by atoms with Crippen LogP contribution in [0.1, 0.15) is 39.6 Å². The van der Waals surface area contributed by atoms with E-state index >= 15 is 0 Å². The number of benzene rings is 2. The lowest BCUT2D eigenvalue weighted by atomic mass is 9.81. The van der Waals surface area contributed by atoms with Gasteiger partial charge in [-0.1, -0.05) is 23.7 Å². The third-order valence-electron chi connectivity index (χ3n) is 4.98. The van der Waals surface area contributed by atoms with Crippen LogP contribution in [0.15, 0.2) is 48.5 Å². The highest BCUT2D eigenvalue weighted by molar-refractivity contribution is 6.30. The number of rotatable bonds is 4. The van der Waals surface area contributed by atoms with Crippen molar-refractivity contribution in [3.05, 3.63) is 76.1 Å². The van der Waals surface area contributed by atoms with Crippen LogP contribution < -0.4 is 10.1 Å². The molecule has 3 aromatic rings. The predicted molar refractivity (Wildman–Crippen MR) is 110 cm³/mol. The van der Waals surface area contributed by atoms with Gasteiger partial charge in [-0.2, -0.15) is 0 Å². The molecule has 1 aliphatic rings. The average molecular weight is 394 g/mol. The number of nitrogens with zero attached hydrogens (tertiary/aromatic N) is 2. The zero-order chi connectivity index (χ0) is 19.7.